The van der Waals surface area contributed by atoms with E-state index in [-0.39, 0.29) is 11.6 Å². The van der Waals surface area contributed by atoms with Crippen LogP contribution < -0.4 is 0 Å². The van der Waals surface area contributed by atoms with Gasteiger partial charge in [-0.15, -0.1) is 11.3 Å². The lowest BCUT2D eigenvalue weighted by Crippen LogP contribution is -2.31. The van der Waals surface area contributed by atoms with Gasteiger partial charge in [-0.2, -0.15) is 0 Å². The zero-order valence-electron chi connectivity index (χ0n) is 11.1. The van der Waals surface area contributed by atoms with Gasteiger partial charge in [-0.3, -0.25) is 9.69 Å². The number of benzene rings is 1. The van der Waals surface area contributed by atoms with Crippen LogP contribution in [0, 0.1) is 5.82 Å². The van der Waals surface area contributed by atoms with E-state index in [1.165, 1.54) is 22.6 Å². The normalized spacial score (nSPS) is 15.1. The summed E-state index contributed by atoms with van der Waals surface area (Å²) in [6.07, 6.45) is 1.57. The maximum absolute atomic E-state index is 12.8. The molecule has 0 N–H and O–H groups in total. The molecule has 3 rings (SSSR count). The lowest BCUT2D eigenvalue weighted by molar-refractivity contribution is 0.0961. The summed E-state index contributed by atoms with van der Waals surface area (Å²) in [6.45, 7) is 2.73. The van der Waals surface area contributed by atoms with Crippen LogP contribution in [0.25, 0.3) is 0 Å². The summed E-state index contributed by atoms with van der Waals surface area (Å²) < 4.78 is 12.8. The number of nitrogens with zero attached hydrogens (tertiary/aromatic N) is 1. The molecule has 1 aliphatic rings. The quantitative estimate of drug-likeness (QED) is 0.803. The minimum absolute atomic E-state index is 0.0844. The van der Waals surface area contributed by atoms with Gasteiger partial charge in [0, 0.05) is 36.5 Å². The highest BCUT2D eigenvalue weighted by Crippen LogP contribution is 2.24. The van der Waals surface area contributed by atoms with E-state index in [4.69, 9.17) is 0 Å². The van der Waals surface area contributed by atoms with Gasteiger partial charge in [0.1, 0.15) is 5.82 Å². The van der Waals surface area contributed by atoms with Crippen LogP contribution in [-0.2, 0) is 13.0 Å². The molecular weight excluding hydrogens is 273 g/mol. The molecule has 1 aromatic carbocycles. The summed E-state index contributed by atoms with van der Waals surface area (Å²) in [7, 11) is 0. The van der Waals surface area contributed by atoms with Crippen molar-refractivity contribution < 1.29 is 9.18 Å². The Morgan fingerprint density at radius 2 is 2.05 bits per heavy atom. The average molecular weight is 289 g/mol. The first-order valence-corrected chi connectivity index (χ1v) is 7.67. The maximum atomic E-state index is 12.8. The Hall–Kier alpha value is -1.52. The molecule has 1 aliphatic heterocycles. The molecule has 2 aromatic rings. The minimum atomic E-state index is -0.303. The van der Waals surface area contributed by atoms with E-state index in [2.05, 4.69) is 16.3 Å². The van der Waals surface area contributed by atoms with Gasteiger partial charge in [0.15, 0.2) is 5.78 Å². The molecule has 0 atom stereocenters. The Balaban J connectivity index is 1.55. The van der Waals surface area contributed by atoms with E-state index in [9.17, 15) is 9.18 Å². The van der Waals surface area contributed by atoms with Crippen molar-refractivity contribution in [3.8, 4) is 0 Å². The fourth-order valence-corrected chi connectivity index (χ4v) is 3.43. The van der Waals surface area contributed by atoms with Gasteiger partial charge in [0.05, 0.1) is 0 Å². The Kier molecular flexibility index (Phi) is 3.94. The number of thiophene rings is 1. The largest absolute Gasteiger partial charge is 0.298 e. The summed E-state index contributed by atoms with van der Waals surface area (Å²) in [4.78, 5) is 15.8. The molecule has 0 amide bonds. The molecule has 0 spiro atoms. The average Bonchev–Trinajstić information content (AvgIpc) is 2.93. The number of ketones is 1. The van der Waals surface area contributed by atoms with Gasteiger partial charge in [-0.1, -0.05) is 0 Å². The lowest BCUT2D eigenvalue weighted by Gasteiger charge is -2.26. The van der Waals surface area contributed by atoms with Crippen LogP contribution in [0.5, 0.6) is 0 Å². The number of fused-ring (bicyclic) bond motifs is 1. The molecule has 2 heterocycles. The Labute approximate surface area is 121 Å². The van der Waals surface area contributed by atoms with Gasteiger partial charge in [-0.05, 0) is 47.7 Å². The molecule has 20 heavy (non-hydrogen) atoms. The van der Waals surface area contributed by atoms with Crippen LogP contribution in [-0.4, -0.2) is 23.8 Å². The number of carbonyl (C=O) groups excluding carboxylic acids is 1. The number of rotatable bonds is 4. The van der Waals surface area contributed by atoms with E-state index in [1.807, 2.05) is 11.3 Å². The Morgan fingerprint density at radius 3 is 2.85 bits per heavy atom. The van der Waals surface area contributed by atoms with Crippen LogP contribution >= 0.6 is 11.3 Å². The highest BCUT2D eigenvalue weighted by molar-refractivity contribution is 7.10. The number of hydrogen-bond donors (Lipinski definition) is 0. The molecule has 0 radical (unpaired) electrons. The third kappa shape index (κ3) is 2.97. The maximum Gasteiger partial charge on any atom is 0.164 e. The third-order valence-corrected chi connectivity index (χ3v) is 4.73. The van der Waals surface area contributed by atoms with Crippen molar-refractivity contribution >= 4 is 17.1 Å². The highest BCUT2D eigenvalue weighted by Gasteiger charge is 2.17. The molecule has 4 heteroatoms. The second kappa shape index (κ2) is 5.85. The topological polar surface area (TPSA) is 20.3 Å². The molecule has 0 aliphatic carbocycles. The molecule has 0 saturated carbocycles. The van der Waals surface area contributed by atoms with Gasteiger partial charge in [0.25, 0.3) is 0 Å². The van der Waals surface area contributed by atoms with Crippen LogP contribution in [0.3, 0.4) is 0 Å². The molecular formula is C16H16FNOS. The van der Waals surface area contributed by atoms with E-state index in [1.54, 1.807) is 12.1 Å². The summed E-state index contributed by atoms with van der Waals surface area (Å²) in [5.41, 5.74) is 2.00. The number of Topliss-reactive ketones (excluding diaryl/α,β-unsaturated/α-hetero) is 1. The van der Waals surface area contributed by atoms with Crippen LogP contribution in [0.2, 0.25) is 0 Å². The smallest absolute Gasteiger partial charge is 0.164 e. The summed E-state index contributed by atoms with van der Waals surface area (Å²) >= 11 is 1.82. The van der Waals surface area contributed by atoms with E-state index in [0.29, 0.717) is 12.0 Å². The lowest BCUT2D eigenvalue weighted by atomic mass is 10.1. The molecule has 2 nitrogen and oxygen atoms in total. The van der Waals surface area contributed by atoms with Crippen LogP contribution in [0.1, 0.15) is 27.2 Å². The second-order valence-electron chi connectivity index (χ2n) is 5.08. The zero-order valence-corrected chi connectivity index (χ0v) is 12.0. The third-order valence-electron chi connectivity index (χ3n) is 3.71. The summed E-state index contributed by atoms with van der Waals surface area (Å²) in [5.74, 6) is -0.219. The zero-order chi connectivity index (χ0) is 13.9. The summed E-state index contributed by atoms with van der Waals surface area (Å²) in [6, 6.07) is 7.97. The van der Waals surface area contributed by atoms with E-state index in [0.717, 1.165) is 26.1 Å². The predicted molar refractivity (Wildman–Crippen MR) is 78.6 cm³/mol. The Bertz CT molecular complexity index is 605. The molecule has 104 valence electrons. The van der Waals surface area contributed by atoms with Crippen molar-refractivity contribution in [2.24, 2.45) is 0 Å². The highest BCUT2D eigenvalue weighted by atomic mass is 32.1. The van der Waals surface area contributed by atoms with E-state index >= 15 is 0 Å². The second-order valence-corrected chi connectivity index (χ2v) is 6.08. The van der Waals surface area contributed by atoms with Crippen molar-refractivity contribution in [1.82, 2.24) is 4.90 Å². The number of hydrogen-bond acceptors (Lipinski definition) is 3. The van der Waals surface area contributed by atoms with Gasteiger partial charge < -0.3 is 0 Å². The minimum Gasteiger partial charge on any atom is -0.298 e. The van der Waals surface area contributed by atoms with Crippen molar-refractivity contribution in [2.75, 3.05) is 13.1 Å². The van der Waals surface area contributed by atoms with Crippen LogP contribution in [0.15, 0.2) is 35.7 Å². The standard InChI is InChI=1S/C16H16FNOS/c17-14-3-1-12(2-4-14)15(19)5-8-18-9-6-16-13(11-18)7-10-20-16/h1-4,7,10H,5-6,8-9,11H2. The van der Waals surface area contributed by atoms with Crippen molar-refractivity contribution in [3.63, 3.8) is 0 Å². The number of carbonyl (C=O) groups is 1. The van der Waals surface area contributed by atoms with Crippen molar-refractivity contribution in [2.45, 2.75) is 19.4 Å². The van der Waals surface area contributed by atoms with E-state index < -0.39 is 0 Å². The monoisotopic (exact) mass is 289 g/mol. The molecule has 1 aromatic heterocycles. The molecule has 0 saturated heterocycles. The van der Waals surface area contributed by atoms with Gasteiger partial charge >= 0.3 is 0 Å². The van der Waals surface area contributed by atoms with Gasteiger partial charge in [-0.25, -0.2) is 4.39 Å². The molecule has 0 bridgehead atoms. The fraction of sp³-hybridized carbons (Fsp3) is 0.312. The summed E-state index contributed by atoms with van der Waals surface area (Å²) in [5, 5.41) is 2.14. The molecule has 0 unspecified atom stereocenters. The van der Waals surface area contributed by atoms with Crippen molar-refractivity contribution in [1.29, 1.82) is 0 Å². The van der Waals surface area contributed by atoms with Gasteiger partial charge in [0.2, 0.25) is 0 Å². The molecule has 0 fully saturated rings. The first-order valence-electron chi connectivity index (χ1n) is 6.79. The Morgan fingerprint density at radius 1 is 1.25 bits per heavy atom. The first-order chi connectivity index (χ1) is 9.72. The predicted octanol–water partition coefficient (Wildman–Crippen LogP) is 3.52. The van der Waals surface area contributed by atoms with Crippen molar-refractivity contribution in [3.05, 3.63) is 57.5 Å². The fourth-order valence-electron chi connectivity index (χ4n) is 2.54. The SMILES string of the molecule is O=C(CCN1CCc2sccc2C1)c1ccc(F)cc1. The van der Waals surface area contributed by atoms with Crippen LogP contribution in [0.4, 0.5) is 4.39 Å². The number of halogens is 1. The first kappa shape index (κ1) is 13.5.